The van der Waals surface area contributed by atoms with Crippen LogP contribution in [0.4, 0.5) is 13.2 Å². The second kappa shape index (κ2) is 7.31. The van der Waals surface area contributed by atoms with E-state index in [-0.39, 0.29) is 11.6 Å². The lowest BCUT2D eigenvalue weighted by atomic mass is 10.0. The fourth-order valence-electron chi connectivity index (χ4n) is 2.98. The van der Waals surface area contributed by atoms with Crippen LogP contribution in [0.3, 0.4) is 0 Å². The molecule has 0 amide bonds. The molecule has 0 radical (unpaired) electrons. The van der Waals surface area contributed by atoms with Gasteiger partial charge in [-0.1, -0.05) is 54.6 Å². The van der Waals surface area contributed by atoms with E-state index in [1.807, 2.05) is 54.6 Å². The fourth-order valence-corrected chi connectivity index (χ4v) is 2.98. The minimum atomic E-state index is -4.44. The fraction of sp³-hybridized carbons (Fsp3) is 0.0909. The number of hydrogen-bond acceptors (Lipinski definition) is 3. The molecule has 3 nitrogen and oxygen atoms in total. The van der Waals surface area contributed by atoms with Crippen LogP contribution in [-0.4, -0.2) is 10.2 Å². The molecule has 1 aromatic heterocycles. The van der Waals surface area contributed by atoms with Gasteiger partial charge < -0.3 is 4.74 Å². The Morgan fingerprint density at radius 1 is 0.750 bits per heavy atom. The molecule has 0 unspecified atom stereocenters. The maximum absolute atomic E-state index is 12.9. The topological polar surface area (TPSA) is 35.0 Å². The molecule has 0 saturated carbocycles. The van der Waals surface area contributed by atoms with E-state index in [0.29, 0.717) is 11.8 Å². The van der Waals surface area contributed by atoms with Crippen molar-refractivity contribution >= 4 is 10.8 Å². The van der Waals surface area contributed by atoms with Gasteiger partial charge in [0.1, 0.15) is 5.75 Å². The van der Waals surface area contributed by atoms with Gasteiger partial charge in [0, 0.05) is 17.2 Å². The molecule has 0 spiro atoms. The summed E-state index contributed by atoms with van der Waals surface area (Å²) in [6, 6.07) is 22.0. The average Bonchev–Trinajstić information content (AvgIpc) is 2.70. The number of benzene rings is 3. The molecular weight excluding hydrogens is 365 g/mol. The first-order valence-electron chi connectivity index (χ1n) is 8.64. The summed E-state index contributed by atoms with van der Waals surface area (Å²) in [5.74, 6) is 0.233. The summed E-state index contributed by atoms with van der Waals surface area (Å²) in [4.78, 5) is 0. The van der Waals surface area contributed by atoms with Crippen LogP contribution in [0.2, 0.25) is 0 Å². The van der Waals surface area contributed by atoms with Crippen molar-refractivity contribution < 1.29 is 17.9 Å². The summed E-state index contributed by atoms with van der Waals surface area (Å²) in [5.41, 5.74) is 1.09. The van der Waals surface area contributed by atoms with Crippen LogP contribution in [0, 0.1) is 0 Å². The van der Waals surface area contributed by atoms with Gasteiger partial charge in [0.2, 0.25) is 5.88 Å². The highest BCUT2D eigenvalue weighted by Gasteiger charge is 2.30. The molecule has 4 aromatic rings. The molecule has 0 bridgehead atoms. The first-order chi connectivity index (χ1) is 13.5. The van der Waals surface area contributed by atoms with E-state index in [9.17, 15) is 13.2 Å². The number of hydrogen-bond donors (Lipinski definition) is 0. The Balaban J connectivity index is 1.71. The van der Waals surface area contributed by atoms with Crippen molar-refractivity contribution in [3.8, 4) is 11.6 Å². The van der Waals surface area contributed by atoms with E-state index in [2.05, 4.69) is 10.2 Å². The van der Waals surface area contributed by atoms with Crippen LogP contribution in [0.1, 0.15) is 16.8 Å². The second-order valence-corrected chi connectivity index (χ2v) is 6.29. The van der Waals surface area contributed by atoms with Gasteiger partial charge >= 0.3 is 6.18 Å². The van der Waals surface area contributed by atoms with E-state index >= 15 is 0 Å². The third-order valence-corrected chi connectivity index (χ3v) is 4.32. The minimum Gasteiger partial charge on any atom is -0.437 e. The smallest absolute Gasteiger partial charge is 0.416 e. The Bertz CT molecular complexity index is 1110. The van der Waals surface area contributed by atoms with E-state index < -0.39 is 11.7 Å². The van der Waals surface area contributed by atoms with Crippen LogP contribution >= 0.6 is 0 Å². The van der Waals surface area contributed by atoms with Gasteiger partial charge in [0.15, 0.2) is 0 Å². The first-order valence-corrected chi connectivity index (χ1v) is 8.64. The van der Waals surface area contributed by atoms with E-state index in [1.54, 1.807) is 0 Å². The van der Waals surface area contributed by atoms with Crippen molar-refractivity contribution in [1.29, 1.82) is 0 Å². The third kappa shape index (κ3) is 3.81. The summed E-state index contributed by atoms with van der Waals surface area (Å²) in [6.07, 6.45) is -3.84. The minimum absolute atomic E-state index is 0.0603. The van der Waals surface area contributed by atoms with Crippen molar-refractivity contribution in [3.05, 3.63) is 95.7 Å². The molecule has 0 N–H and O–H groups in total. The third-order valence-electron chi connectivity index (χ3n) is 4.32. The SMILES string of the molecule is FC(F)(F)c1cccc(Oc2nnc(Cc3ccccc3)c3ccccc23)c1. The maximum Gasteiger partial charge on any atom is 0.416 e. The highest BCUT2D eigenvalue weighted by molar-refractivity contribution is 5.88. The number of aromatic nitrogens is 2. The molecule has 4 rings (SSSR count). The molecule has 0 aliphatic carbocycles. The molecule has 3 aromatic carbocycles. The zero-order chi connectivity index (χ0) is 19.6. The van der Waals surface area contributed by atoms with Gasteiger partial charge in [-0.05, 0) is 29.8 Å². The monoisotopic (exact) mass is 380 g/mol. The number of rotatable bonds is 4. The standard InChI is InChI=1S/C22H15F3N2O/c23-22(24,25)16-9-6-10-17(14-16)28-21-19-12-5-4-11-18(19)20(26-27-21)13-15-7-2-1-3-8-15/h1-12,14H,13H2. The van der Waals surface area contributed by atoms with E-state index in [4.69, 9.17) is 4.74 Å². The Morgan fingerprint density at radius 2 is 1.46 bits per heavy atom. The largest absolute Gasteiger partial charge is 0.437 e. The summed E-state index contributed by atoms with van der Waals surface area (Å²) in [6.45, 7) is 0. The van der Waals surface area contributed by atoms with Crippen molar-refractivity contribution in [2.45, 2.75) is 12.6 Å². The van der Waals surface area contributed by atoms with Gasteiger partial charge in [-0.2, -0.15) is 18.3 Å². The van der Waals surface area contributed by atoms with Crippen LogP contribution in [0.5, 0.6) is 11.6 Å². The quantitative estimate of drug-likeness (QED) is 0.433. The molecule has 1 heterocycles. The molecular formula is C22H15F3N2O. The maximum atomic E-state index is 12.9. The number of alkyl halides is 3. The highest BCUT2D eigenvalue weighted by atomic mass is 19.4. The highest BCUT2D eigenvalue weighted by Crippen LogP contribution is 2.34. The van der Waals surface area contributed by atoms with Gasteiger partial charge in [0.25, 0.3) is 0 Å². The van der Waals surface area contributed by atoms with Gasteiger partial charge in [-0.3, -0.25) is 0 Å². The Morgan fingerprint density at radius 3 is 2.21 bits per heavy atom. The predicted octanol–water partition coefficient (Wildman–Crippen LogP) is 6.03. The molecule has 0 aliphatic heterocycles. The lowest BCUT2D eigenvalue weighted by Gasteiger charge is -2.12. The first kappa shape index (κ1) is 18.0. The number of halogens is 3. The Hall–Kier alpha value is -3.41. The molecule has 28 heavy (non-hydrogen) atoms. The van der Waals surface area contributed by atoms with Crippen molar-refractivity contribution in [3.63, 3.8) is 0 Å². The van der Waals surface area contributed by atoms with Gasteiger partial charge in [-0.15, -0.1) is 5.10 Å². The summed E-state index contributed by atoms with van der Waals surface area (Å²) in [7, 11) is 0. The predicted molar refractivity (Wildman–Crippen MR) is 100 cm³/mol. The molecule has 140 valence electrons. The van der Waals surface area contributed by atoms with Crippen LogP contribution < -0.4 is 4.74 Å². The summed E-state index contributed by atoms with van der Waals surface area (Å²) < 4.78 is 44.5. The van der Waals surface area contributed by atoms with Crippen LogP contribution in [0.15, 0.2) is 78.9 Å². The lowest BCUT2D eigenvalue weighted by molar-refractivity contribution is -0.137. The number of fused-ring (bicyclic) bond motifs is 1. The molecule has 0 saturated heterocycles. The van der Waals surface area contributed by atoms with Crippen molar-refractivity contribution in [2.75, 3.05) is 0 Å². The van der Waals surface area contributed by atoms with E-state index in [1.165, 1.54) is 12.1 Å². The van der Waals surface area contributed by atoms with E-state index in [0.717, 1.165) is 28.8 Å². The number of ether oxygens (including phenoxy) is 1. The second-order valence-electron chi connectivity index (χ2n) is 6.29. The van der Waals surface area contributed by atoms with Crippen LogP contribution in [-0.2, 0) is 12.6 Å². The number of nitrogens with zero attached hydrogens (tertiary/aromatic N) is 2. The van der Waals surface area contributed by atoms with Crippen molar-refractivity contribution in [1.82, 2.24) is 10.2 Å². The summed E-state index contributed by atoms with van der Waals surface area (Å²) in [5, 5.41) is 9.95. The van der Waals surface area contributed by atoms with Crippen molar-refractivity contribution in [2.24, 2.45) is 0 Å². The molecule has 6 heteroatoms. The normalized spacial score (nSPS) is 11.5. The lowest BCUT2D eigenvalue weighted by Crippen LogP contribution is -2.05. The molecule has 0 aliphatic rings. The summed E-state index contributed by atoms with van der Waals surface area (Å²) >= 11 is 0. The Labute approximate surface area is 159 Å². The van der Waals surface area contributed by atoms with Gasteiger partial charge in [-0.25, -0.2) is 0 Å². The zero-order valence-corrected chi connectivity index (χ0v) is 14.6. The molecule has 0 fully saturated rings. The molecule has 0 atom stereocenters. The van der Waals surface area contributed by atoms with Crippen LogP contribution in [0.25, 0.3) is 10.8 Å². The van der Waals surface area contributed by atoms with Gasteiger partial charge in [0.05, 0.1) is 11.3 Å². The zero-order valence-electron chi connectivity index (χ0n) is 14.6. The Kier molecular flexibility index (Phi) is 4.69. The average molecular weight is 380 g/mol.